The van der Waals surface area contributed by atoms with Gasteiger partial charge in [0.1, 0.15) is 17.2 Å². The maximum absolute atomic E-state index is 13.2. The molecule has 2 fully saturated rings. The first-order chi connectivity index (χ1) is 14.5. The smallest absolute Gasteiger partial charge is 0.292 e. The van der Waals surface area contributed by atoms with Gasteiger partial charge in [-0.15, -0.1) is 0 Å². The number of ether oxygens (including phenoxy) is 2. The molecule has 8 heteroatoms. The Hall–Kier alpha value is -3.26. The first kappa shape index (κ1) is 20.0. The number of benzene rings is 2. The Morgan fingerprint density at radius 3 is 2.40 bits per heavy atom. The number of methoxy groups -OCH3 is 2. The number of carbonyl (C=O) groups excluding carboxylic acids is 2. The Balaban J connectivity index is 1.48. The predicted octanol–water partition coefficient (Wildman–Crippen LogP) is 0.446. The Morgan fingerprint density at radius 1 is 1.00 bits per heavy atom. The number of piperazine rings is 1. The molecule has 2 aliphatic rings. The predicted molar refractivity (Wildman–Crippen MR) is 111 cm³/mol. The Morgan fingerprint density at radius 2 is 1.73 bits per heavy atom. The van der Waals surface area contributed by atoms with E-state index < -0.39 is 6.04 Å². The van der Waals surface area contributed by atoms with Crippen molar-refractivity contribution >= 4 is 23.2 Å². The van der Waals surface area contributed by atoms with Gasteiger partial charge in [0.15, 0.2) is 6.04 Å². The molecule has 2 heterocycles. The van der Waals surface area contributed by atoms with Gasteiger partial charge in [-0.25, -0.2) is 4.90 Å². The minimum atomic E-state index is -0.407. The summed E-state index contributed by atoms with van der Waals surface area (Å²) in [6.07, 6.45) is 0.180. The third-order valence-corrected chi connectivity index (χ3v) is 5.90. The zero-order chi connectivity index (χ0) is 21.3. The molecule has 0 bridgehead atoms. The summed E-state index contributed by atoms with van der Waals surface area (Å²) in [6, 6.07) is 11.9. The molecular weight excluding hydrogens is 386 g/mol. The van der Waals surface area contributed by atoms with Crippen molar-refractivity contribution < 1.29 is 29.1 Å². The fourth-order valence-electron chi connectivity index (χ4n) is 4.29. The van der Waals surface area contributed by atoms with Crippen LogP contribution in [0.4, 0.5) is 11.4 Å². The van der Waals surface area contributed by atoms with E-state index in [0.717, 1.165) is 10.6 Å². The van der Waals surface area contributed by atoms with Gasteiger partial charge in [0.25, 0.3) is 5.91 Å². The summed E-state index contributed by atoms with van der Waals surface area (Å²) in [5.74, 6) is 0.859. The number of nitrogens with one attached hydrogen (secondary N) is 1. The van der Waals surface area contributed by atoms with Crippen LogP contribution in [-0.2, 0) is 9.59 Å². The minimum absolute atomic E-state index is 0.180. The fraction of sp³-hybridized carbons (Fsp3) is 0.364. The molecule has 2 N–H and O–H groups in total. The van der Waals surface area contributed by atoms with E-state index in [-0.39, 0.29) is 24.0 Å². The van der Waals surface area contributed by atoms with Crippen LogP contribution in [-0.4, -0.2) is 63.4 Å². The highest BCUT2D eigenvalue weighted by Gasteiger charge is 2.47. The lowest BCUT2D eigenvalue weighted by atomic mass is 10.1. The molecule has 2 aromatic carbocycles. The number of quaternary nitrogens is 1. The number of imide groups is 1. The number of phenols is 1. The van der Waals surface area contributed by atoms with Gasteiger partial charge in [-0.3, -0.25) is 9.59 Å². The number of carbonyl (C=O) groups is 2. The molecule has 8 nitrogen and oxygen atoms in total. The molecule has 0 aromatic heterocycles. The molecule has 0 radical (unpaired) electrons. The van der Waals surface area contributed by atoms with Gasteiger partial charge in [0.2, 0.25) is 5.91 Å². The molecule has 2 amide bonds. The minimum Gasteiger partial charge on any atom is -0.506 e. The Kier molecular flexibility index (Phi) is 5.50. The standard InChI is InChI=1S/C22H25N3O5/c1-29-15-7-8-17(20(13-15)30-2)25-21(27)14-18(22(25)28)24-11-9-23(10-12-24)16-5-3-4-6-19(16)26/h3-8,13,18,26H,9-12,14H2,1-2H3/p+1/t18-/m1/s1. The summed E-state index contributed by atoms with van der Waals surface area (Å²) < 4.78 is 10.6. The lowest BCUT2D eigenvalue weighted by Gasteiger charge is -2.35. The van der Waals surface area contributed by atoms with E-state index in [9.17, 15) is 14.7 Å². The molecule has 0 unspecified atom stereocenters. The average Bonchev–Trinajstić information content (AvgIpc) is 3.07. The van der Waals surface area contributed by atoms with Crippen LogP contribution in [0.1, 0.15) is 6.42 Å². The van der Waals surface area contributed by atoms with Gasteiger partial charge >= 0.3 is 0 Å². The molecule has 2 aliphatic heterocycles. The van der Waals surface area contributed by atoms with Gasteiger partial charge in [0, 0.05) is 6.07 Å². The molecular formula is C22H26N3O5+. The van der Waals surface area contributed by atoms with Crippen LogP contribution in [0.2, 0.25) is 0 Å². The fourth-order valence-corrected chi connectivity index (χ4v) is 4.29. The summed E-state index contributed by atoms with van der Waals surface area (Å²) in [4.78, 5) is 30.4. The molecule has 4 rings (SSSR count). The van der Waals surface area contributed by atoms with Gasteiger partial charge in [-0.05, 0) is 24.3 Å². The average molecular weight is 412 g/mol. The van der Waals surface area contributed by atoms with Gasteiger partial charge in [-0.2, -0.15) is 0 Å². The van der Waals surface area contributed by atoms with Crippen molar-refractivity contribution in [2.45, 2.75) is 12.5 Å². The number of para-hydroxylation sites is 2. The van der Waals surface area contributed by atoms with E-state index in [1.54, 1.807) is 37.4 Å². The first-order valence-corrected chi connectivity index (χ1v) is 10.00. The van der Waals surface area contributed by atoms with Crippen LogP contribution in [0.3, 0.4) is 0 Å². The first-order valence-electron chi connectivity index (χ1n) is 10.00. The summed E-state index contributed by atoms with van der Waals surface area (Å²) in [5.41, 5.74) is 1.25. The van der Waals surface area contributed by atoms with Crippen LogP contribution in [0, 0.1) is 0 Å². The third-order valence-electron chi connectivity index (χ3n) is 5.90. The van der Waals surface area contributed by atoms with Crippen molar-refractivity contribution in [2.75, 3.05) is 50.2 Å². The van der Waals surface area contributed by atoms with Crippen LogP contribution in [0.5, 0.6) is 17.2 Å². The zero-order valence-corrected chi connectivity index (χ0v) is 17.1. The van der Waals surface area contributed by atoms with Crippen molar-refractivity contribution in [3.8, 4) is 17.2 Å². The summed E-state index contributed by atoms with van der Waals surface area (Å²) >= 11 is 0. The van der Waals surface area contributed by atoms with Crippen molar-refractivity contribution in [1.29, 1.82) is 0 Å². The van der Waals surface area contributed by atoms with E-state index in [4.69, 9.17) is 9.47 Å². The maximum atomic E-state index is 13.2. The number of aromatic hydroxyl groups is 1. The molecule has 0 saturated carbocycles. The highest BCUT2D eigenvalue weighted by molar-refractivity contribution is 6.22. The van der Waals surface area contributed by atoms with Crippen molar-refractivity contribution in [1.82, 2.24) is 0 Å². The number of amides is 2. The van der Waals surface area contributed by atoms with Crippen molar-refractivity contribution in [3.05, 3.63) is 42.5 Å². The maximum Gasteiger partial charge on any atom is 0.292 e. The van der Waals surface area contributed by atoms with Crippen molar-refractivity contribution in [2.24, 2.45) is 0 Å². The SMILES string of the molecule is COc1ccc(N2C(=O)C[C@@H]([NH+]3CCN(c4ccccc4O)CC3)C2=O)c(OC)c1. The van der Waals surface area contributed by atoms with Crippen LogP contribution in [0.15, 0.2) is 42.5 Å². The highest BCUT2D eigenvalue weighted by Crippen LogP contribution is 2.35. The molecule has 2 aromatic rings. The number of anilines is 2. The van der Waals surface area contributed by atoms with Gasteiger partial charge in [-0.1, -0.05) is 12.1 Å². The van der Waals surface area contributed by atoms with E-state index in [0.29, 0.717) is 43.4 Å². The molecule has 1 atom stereocenters. The lowest BCUT2D eigenvalue weighted by Crippen LogP contribution is -3.19. The van der Waals surface area contributed by atoms with Gasteiger partial charge in [0.05, 0.1) is 58.2 Å². The van der Waals surface area contributed by atoms with Crippen LogP contribution in [0.25, 0.3) is 0 Å². The van der Waals surface area contributed by atoms with Gasteiger partial charge < -0.3 is 24.4 Å². The number of hydrogen-bond donors (Lipinski definition) is 2. The highest BCUT2D eigenvalue weighted by atomic mass is 16.5. The number of nitrogens with zero attached hydrogens (tertiary/aromatic N) is 2. The summed E-state index contributed by atoms with van der Waals surface area (Å²) in [6.45, 7) is 2.84. The van der Waals surface area contributed by atoms with Crippen molar-refractivity contribution in [3.63, 3.8) is 0 Å². The Bertz CT molecular complexity index is 956. The number of rotatable bonds is 5. The largest absolute Gasteiger partial charge is 0.506 e. The van der Waals surface area contributed by atoms with E-state index in [1.165, 1.54) is 12.0 Å². The third kappa shape index (κ3) is 3.54. The number of phenolic OH excluding ortho intramolecular Hbond substituents is 1. The summed E-state index contributed by atoms with van der Waals surface area (Å²) in [7, 11) is 3.05. The van der Waals surface area contributed by atoms with E-state index in [2.05, 4.69) is 4.90 Å². The summed E-state index contributed by atoms with van der Waals surface area (Å²) in [5, 5.41) is 10.1. The normalized spacial score (nSPS) is 20.0. The topological polar surface area (TPSA) is 83.8 Å². The van der Waals surface area contributed by atoms with E-state index in [1.807, 2.05) is 12.1 Å². The molecule has 2 saturated heterocycles. The second-order valence-electron chi connectivity index (χ2n) is 7.50. The monoisotopic (exact) mass is 412 g/mol. The molecule has 158 valence electrons. The second-order valence-corrected chi connectivity index (χ2v) is 7.50. The Labute approximate surface area is 175 Å². The molecule has 0 aliphatic carbocycles. The molecule has 0 spiro atoms. The zero-order valence-electron chi connectivity index (χ0n) is 17.1. The number of hydrogen-bond acceptors (Lipinski definition) is 6. The quantitative estimate of drug-likeness (QED) is 0.694. The second kappa shape index (κ2) is 8.23. The van der Waals surface area contributed by atoms with E-state index >= 15 is 0 Å². The molecule has 30 heavy (non-hydrogen) atoms. The lowest BCUT2D eigenvalue weighted by molar-refractivity contribution is -0.915. The van der Waals surface area contributed by atoms with Crippen LogP contribution >= 0.6 is 0 Å². The van der Waals surface area contributed by atoms with Crippen LogP contribution < -0.4 is 24.2 Å².